The van der Waals surface area contributed by atoms with Crippen molar-refractivity contribution in [2.75, 3.05) is 12.3 Å². The number of anilines is 1. The first-order chi connectivity index (χ1) is 7.25. The summed E-state index contributed by atoms with van der Waals surface area (Å²) in [7, 11) is 0. The van der Waals surface area contributed by atoms with Gasteiger partial charge in [0.15, 0.2) is 0 Å². The Morgan fingerprint density at radius 3 is 3.07 bits per heavy atom. The topological polar surface area (TPSA) is 48.1 Å². The molecule has 2 heterocycles. The molecule has 0 aliphatic carbocycles. The highest BCUT2D eigenvalue weighted by Crippen LogP contribution is 2.34. The lowest BCUT2D eigenvalue weighted by Gasteiger charge is -2.06. The average molecular weight is 221 g/mol. The van der Waals surface area contributed by atoms with E-state index in [0.29, 0.717) is 23.3 Å². The Morgan fingerprint density at radius 1 is 1.33 bits per heavy atom. The third-order valence-electron chi connectivity index (χ3n) is 2.65. The second-order valence-corrected chi connectivity index (χ2v) is 4.01. The molecule has 1 aromatic heterocycles. The molecule has 76 valence electrons. The predicted molar refractivity (Wildman–Crippen MR) is 60.4 cm³/mol. The van der Waals surface area contributed by atoms with Gasteiger partial charge < -0.3 is 10.5 Å². The van der Waals surface area contributed by atoms with Gasteiger partial charge in [0.25, 0.3) is 0 Å². The van der Waals surface area contributed by atoms with Crippen molar-refractivity contribution in [1.29, 1.82) is 0 Å². The molecule has 0 spiro atoms. The van der Waals surface area contributed by atoms with E-state index in [4.69, 9.17) is 22.1 Å². The molecule has 3 nitrogen and oxygen atoms in total. The Labute approximate surface area is 91.8 Å². The second kappa shape index (κ2) is 3.00. The summed E-state index contributed by atoms with van der Waals surface area (Å²) in [6.45, 7) is 0.684. The number of ether oxygens (including phenoxy) is 1. The molecule has 0 saturated carbocycles. The molecule has 1 aliphatic heterocycles. The van der Waals surface area contributed by atoms with Gasteiger partial charge in [-0.25, -0.2) is 0 Å². The molecule has 0 radical (unpaired) electrons. The molecular formula is C11H9ClN2O. The summed E-state index contributed by atoms with van der Waals surface area (Å²) >= 11 is 5.93. The monoisotopic (exact) mass is 220 g/mol. The highest BCUT2D eigenvalue weighted by molar-refractivity contribution is 6.31. The summed E-state index contributed by atoms with van der Waals surface area (Å²) in [6, 6.07) is 5.68. The number of benzene rings is 1. The third kappa shape index (κ3) is 1.23. The molecule has 0 bridgehead atoms. The molecule has 2 N–H and O–H groups in total. The molecule has 3 rings (SSSR count). The van der Waals surface area contributed by atoms with Gasteiger partial charge in [-0.05, 0) is 17.5 Å². The summed E-state index contributed by atoms with van der Waals surface area (Å²) in [6.07, 6.45) is 0.890. The van der Waals surface area contributed by atoms with Crippen LogP contribution in [0.1, 0.15) is 5.56 Å². The van der Waals surface area contributed by atoms with Crippen LogP contribution in [0.3, 0.4) is 0 Å². The Hall–Kier alpha value is -1.48. The van der Waals surface area contributed by atoms with Crippen molar-refractivity contribution in [2.45, 2.75) is 6.42 Å². The molecule has 0 amide bonds. The van der Waals surface area contributed by atoms with E-state index in [1.807, 2.05) is 18.2 Å². The highest BCUT2D eigenvalue weighted by atomic mass is 35.5. The van der Waals surface area contributed by atoms with Crippen molar-refractivity contribution in [3.05, 3.63) is 28.8 Å². The lowest BCUT2D eigenvalue weighted by molar-refractivity contribution is 0.345. The number of nitrogens with two attached hydrogens (primary N) is 1. The maximum Gasteiger partial charge on any atom is 0.219 e. The minimum atomic E-state index is 0.480. The van der Waals surface area contributed by atoms with Crippen molar-refractivity contribution in [3.8, 4) is 5.88 Å². The van der Waals surface area contributed by atoms with Crippen LogP contribution in [0, 0.1) is 0 Å². The molecule has 2 aromatic rings. The van der Waals surface area contributed by atoms with E-state index in [1.54, 1.807) is 0 Å². The molecule has 15 heavy (non-hydrogen) atoms. The van der Waals surface area contributed by atoms with Crippen LogP contribution in [0.5, 0.6) is 5.88 Å². The van der Waals surface area contributed by atoms with E-state index in [2.05, 4.69) is 4.98 Å². The summed E-state index contributed by atoms with van der Waals surface area (Å²) in [5, 5.41) is 2.68. The molecule has 4 heteroatoms. The van der Waals surface area contributed by atoms with E-state index in [1.165, 1.54) is 0 Å². The number of rotatable bonds is 0. The molecule has 1 aromatic carbocycles. The number of hydrogen-bond donors (Lipinski definition) is 1. The fourth-order valence-corrected chi connectivity index (χ4v) is 2.13. The minimum Gasteiger partial charge on any atom is -0.477 e. The largest absolute Gasteiger partial charge is 0.477 e. The van der Waals surface area contributed by atoms with Crippen molar-refractivity contribution in [3.63, 3.8) is 0 Å². The van der Waals surface area contributed by atoms with Crippen LogP contribution < -0.4 is 10.5 Å². The van der Waals surface area contributed by atoms with Crippen molar-refractivity contribution in [1.82, 2.24) is 4.98 Å². The van der Waals surface area contributed by atoms with Gasteiger partial charge in [0.05, 0.1) is 6.61 Å². The molecule has 0 atom stereocenters. The maximum atomic E-state index is 5.93. The number of pyridine rings is 1. The molecular weight excluding hydrogens is 212 g/mol. The Morgan fingerprint density at radius 2 is 2.20 bits per heavy atom. The van der Waals surface area contributed by atoms with E-state index in [9.17, 15) is 0 Å². The minimum absolute atomic E-state index is 0.480. The third-order valence-corrected chi connectivity index (χ3v) is 2.89. The number of aromatic nitrogens is 1. The lowest BCUT2D eigenvalue weighted by Crippen LogP contribution is -1.95. The van der Waals surface area contributed by atoms with Crippen LogP contribution in [0.4, 0.5) is 5.82 Å². The number of halogens is 1. The lowest BCUT2D eigenvalue weighted by atomic mass is 10.1. The van der Waals surface area contributed by atoms with Crippen LogP contribution in [-0.2, 0) is 6.42 Å². The molecule has 0 unspecified atom stereocenters. The van der Waals surface area contributed by atoms with Gasteiger partial charge >= 0.3 is 0 Å². The van der Waals surface area contributed by atoms with Crippen molar-refractivity contribution >= 4 is 28.2 Å². The van der Waals surface area contributed by atoms with Crippen LogP contribution in [-0.4, -0.2) is 11.6 Å². The van der Waals surface area contributed by atoms with E-state index in [0.717, 1.165) is 22.8 Å². The number of nitrogens with zero attached hydrogens (tertiary/aromatic N) is 1. The first kappa shape index (κ1) is 8.80. The maximum absolute atomic E-state index is 5.93. The first-order valence-electron chi connectivity index (χ1n) is 4.76. The van der Waals surface area contributed by atoms with Crippen molar-refractivity contribution in [2.24, 2.45) is 0 Å². The van der Waals surface area contributed by atoms with E-state index < -0.39 is 0 Å². The molecule has 0 saturated heterocycles. The average Bonchev–Trinajstić information content (AvgIpc) is 2.66. The predicted octanol–water partition coefficient (Wildman–Crippen LogP) is 2.41. The van der Waals surface area contributed by atoms with Crippen molar-refractivity contribution < 1.29 is 4.74 Å². The normalized spacial score (nSPS) is 13.9. The van der Waals surface area contributed by atoms with Crippen LogP contribution in [0.15, 0.2) is 18.2 Å². The van der Waals surface area contributed by atoms with Gasteiger partial charge in [0.1, 0.15) is 5.82 Å². The van der Waals surface area contributed by atoms with Gasteiger partial charge in [0, 0.05) is 22.4 Å². The Balaban J connectivity index is 2.44. The highest BCUT2D eigenvalue weighted by Gasteiger charge is 2.18. The van der Waals surface area contributed by atoms with Gasteiger partial charge in [-0.2, -0.15) is 4.98 Å². The zero-order valence-corrected chi connectivity index (χ0v) is 8.71. The van der Waals surface area contributed by atoms with Gasteiger partial charge in [-0.3, -0.25) is 0 Å². The smallest absolute Gasteiger partial charge is 0.219 e. The summed E-state index contributed by atoms with van der Waals surface area (Å²) in [5.74, 6) is 1.15. The fraction of sp³-hybridized carbons (Fsp3) is 0.182. The summed E-state index contributed by atoms with van der Waals surface area (Å²) in [5.41, 5.74) is 6.98. The van der Waals surface area contributed by atoms with Gasteiger partial charge in [0.2, 0.25) is 5.88 Å². The number of fused-ring (bicyclic) bond motifs is 3. The quantitative estimate of drug-likeness (QED) is 0.742. The molecule has 0 fully saturated rings. The fourth-order valence-electron chi connectivity index (χ4n) is 1.95. The van der Waals surface area contributed by atoms with Crippen LogP contribution >= 0.6 is 11.6 Å². The standard InChI is InChI=1S/C11H9ClN2O/c12-6-1-2-7-8-3-4-15-11(8)14-10(13)9(7)5-6/h1-2,5H,3-4H2,(H2,13,14). The molecule has 1 aliphatic rings. The first-order valence-corrected chi connectivity index (χ1v) is 5.14. The summed E-state index contributed by atoms with van der Waals surface area (Å²) in [4.78, 5) is 4.22. The zero-order chi connectivity index (χ0) is 10.4. The van der Waals surface area contributed by atoms with Crippen LogP contribution in [0.25, 0.3) is 10.8 Å². The van der Waals surface area contributed by atoms with Gasteiger partial charge in [-0.1, -0.05) is 17.7 Å². The van der Waals surface area contributed by atoms with E-state index >= 15 is 0 Å². The SMILES string of the molecule is Nc1nc2c(c3ccc(Cl)cc13)CCO2. The van der Waals surface area contributed by atoms with Crippen LogP contribution in [0.2, 0.25) is 5.02 Å². The van der Waals surface area contributed by atoms with E-state index in [-0.39, 0.29) is 0 Å². The Bertz CT molecular complexity index is 554. The zero-order valence-electron chi connectivity index (χ0n) is 7.96. The number of nitrogen functional groups attached to an aromatic ring is 1. The number of hydrogen-bond acceptors (Lipinski definition) is 3. The summed E-state index contributed by atoms with van der Waals surface area (Å²) < 4.78 is 5.39. The Kier molecular flexibility index (Phi) is 1.76. The van der Waals surface area contributed by atoms with Gasteiger partial charge in [-0.15, -0.1) is 0 Å². The second-order valence-electron chi connectivity index (χ2n) is 3.57.